The number of nitrogens with zero attached hydrogens (tertiary/aromatic N) is 1. The second kappa shape index (κ2) is 31.4. The van der Waals surface area contributed by atoms with Gasteiger partial charge in [0.2, 0.25) is 0 Å². The van der Waals surface area contributed by atoms with Crippen LogP contribution in [0.1, 0.15) is 135 Å². The highest BCUT2D eigenvalue weighted by atomic mass is 32.2. The Morgan fingerprint density at radius 1 is 0.574 bits per heavy atom. The maximum absolute atomic E-state index is 12.4. The van der Waals surface area contributed by atoms with Crippen molar-refractivity contribution < 1.29 is 57.1 Å². The first-order chi connectivity index (χ1) is 29.4. The van der Waals surface area contributed by atoms with Gasteiger partial charge in [0.05, 0.1) is 34.4 Å². The van der Waals surface area contributed by atoms with Crippen LogP contribution in [-0.2, 0) is 47.7 Å². The number of hydrogen-bond donors (Lipinski definition) is 0. The highest BCUT2D eigenvalue weighted by Crippen LogP contribution is 2.59. The van der Waals surface area contributed by atoms with Gasteiger partial charge in [-0.25, -0.2) is 14.4 Å². The highest BCUT2D eigenvalue weighted by Gasteiger charge is 2.32. The Hall–Kier alpha value is -4.42. The summed E-state index contributed by atoms with van der Waals surface area (Å²) in [6.07, 6.45) is 16.6. The average Bonchev–Trinajstić information content (AvgIpc) is 3.67. The maximum atomic E-state index is 12.4. The van der Waals surface area contributed by atoms with Crippen LogP contribution in [0.15, 0.2) is 50.0 Å². The van der Waals surface area contributed by atoms with Gasteiger partial charge < -0.3 is 33.2 Å². The standard InChI is InChI=1S/C46H65NO12S2/c1-33(2)43(50)58-29-27-55-38(48)23-19-15-11-7-9-13-17-21-25-54-37-31-35(5)40(42-41(37)60-46(61-42)36(32-47)45(52)53-6)57-26-22-18-14-10-8-12-16-20-24-39(49)56-28-30-59-44(51)34(3)4/h31H,1,3,7-30H2,2,4-6H3/b46-36-. The summed E-state index contributed by atoms with van der Waals surface area (Å²) in [6.45, 7) is 13.4. The minimum absolute atomic E-state index is 0.0289. The van der Waals surface area contributed by atoms with Crippen molar-refractivity contribution in [3.05, 3.63) is 45.7 Å². The summed E-state index contributed by atoms with van der Waals surface area (Å²) in [5, 5.41) is 9.78. The minimum atomic E-state index is -0.677. The number of methoxy groups -OCH3 is 1. The third-order valence-electron chi connectivity index (χ3n) is 9.35. The summed E-state index contributed by atoms with van der Waals surface area (Å²) in [5.41, 5.74) is 1.50. The van der Waals surface area contributed by atoms with Crippen LogP contribution in [-0.4, -0.2) is 76.6 Å². The lowest BCUT2D eigenvalue weighted by Crippen LogP contribution is -2.14. The molecule has 0 N–H and O–H groups in total. The van der Waals surface area contributed by atoms with Crippen molar-refractivity contribution in [3.63, 3.8) is 0 Å². The summed E-state index contributed by atoms with van der Waals surface area (Å²) < 4.78 is 38.1. The zero-order chi connectivity index (χ0) is 44.8. The molecule has 1 aromatic carbocycles. The molecule has 0 aromatic heterocycles. The molecule has 15 heteroatoms. The molecule has 0 unspecified atom stereocenters. The Balaban J connectivity index is 1.69. The average molecular weight is 888 g/mol. The second-order valence-electron chi connectivity index (χ2n) is 14.8. The molecular formula is C46H65NO12S2. The predicted molar refractivity (Wildman–Crippen MR) is 235 cm³/mol. The van der Waals surface area contributed by atoms with Crippen LogP contribution in [0, 0.1) is 18.3 Å². The Bertz CT molecular complexity index is 1700. The van der Waals surface area contributed by atoms with Crippen molar-refractivity contribution in [2.75, 3.05) is 46.8 Å². The normalized spacial score (nSPS) is 12.4. The molecule has 0 atom stereocenters. The summed E-state index contributed by atoms with van der Waals surface area (Å²) in [4.78, 5) is 60.5. The molecule has 0 spiro atoms. The number of aryl methyl sites for hydroxylation is 1. The number of esters is 5. The SMILES string of the molecule is C=C(C)C(=O)OCCOC(=O)CCCCCCCCCCOc1cc(C)c(OCCCCCCCCCCC(=O)OCCOC(=O)C(=C)C)c2c1S/C(=C(\C#N)C(=O)OC)S2. The molecule has 0 aliphatic carbocycles. The molecule has 1 aliphatic heterocycles. The van der Waals surface area contributed by atoms with Gasteiger partial charge in [-0.3, -0.25) is 9.59 Å². The van der Waals surface area contributed by atoms with Gasteiger partial charge in [-0.2, -0.15) is 5.26 Å². The van der Waals surface area contributed by atoms with E-state index in [1.807, 2.05) is 19.1 Å². The van der Waals surface area contributed by atoms with E-state index in [-0.39, 0.29) is 43.9 Å². The maximum Gasteiger partial charge on any atom is 0.350 e. The minimum Gasteiger partial charge on any atom is -0.492 e. The van der Waals surface area contributed by atoms with Crippen molar-refractivity contribution in [2.24, 2.45) is 0 Å². The van der Waals surface area contributed by atoms with Crippen LogP contribution < -0.4 is 9.47 Å². The van der Waals surface area contributed by atoms with E-state index >= 15 is 0 Å². The van der Waals surface area contributed by atoms with Crippen LogP contribution in [0.2, 0.25) is 0 Å². The van der Waals surface area contributed by atoms with Crippen molar-refractivity contribution in [2.45, 2.75) is 146 Å². The molecule has 0 saturated heterocycles. The van der Waals surface area contributed by atoms with Crippen LogP contribution in [0.5, 0.6) is 11.5 Å². The van der Waals surface area contributed by atoms with E-state index in [1.54, 1.807) is 13.8 Å². The highest BCUT2D eigenvalue weighted by molar-refractivity contribution is 8.24. The Kier molecular flexibility index (Phi) is 27.2. The summed E-state index contributed by atoms with van der Waals surface area (Å²) in [5.74, 6) is -0.781. The number of benzene rings is 1. The molecule has 0 radical (unpaired) electrons. The van der Waals surface area contributed by atoms with Gasteiger partial charge in [0.25, 0.3) is 0 Å². The number of carbonyl (C=O) groups is 5. The van der Waals surface area contributed by atoms with Gasteiger partial charge in [-0.1, -0.05) is 114 Å². The zero-order valence-electron chi connectivity index (χ0n) is 36.6. The van der Waals surface area contributed by atoms with E-state index in [9.17, 15) is 29.2 Å². The lowest BCUT2D eigenvalue weighted by atomic mass is 10.1. The van der Waals surface area contributed by atoms with E-state index in [1.165, 1.54) is 30.6 Å². The first-order valence-corrected chi connectivity index (χ1v) is 23.0. The van der Waals surface area contributed by atoms with E-state index in [0.29, 0.717) is 47.2 Å². The quantitative estimate of drug-likeness (QED) is 0.0214. The fourth-order valence-corrected chi connectivity index (χ4v) is 8.63. The first-order valence-electron chi connectivity index (χ1n) is 21.4. The number of ether oxygens (including phenoxy) is 7. The van der Waals surface area contributed by atoms with Crippen molar-refractivity contribution in [3.8, 4) is 17.6 Å². The van der Waals surface area contributed by atoms with Crippen LogP contribution >= 0.6 is 23.5 Å². The molecule has 61 heavy (non-hydrogen) atoms. The molecule has 0 bridgehead atoms. The van der Waals surface area contributed by atoms with E-state index < -0.39 is 17.9 Å². The third kappa shape index (κ3) is 21.8. The fourth-order valence-electron chi connectivity index (χ4n) is 5.97. The predicted octanol–water partition coefficient (Wildman–Crippen LogP) is 10.2. The van der Waals surface area contributed by atoms with Crippen molar-refractivity contribution in [1.82, 2.24) is 0 Å². The fraction of sp³-hybridized carbons (Fsp3) is 0.609. The summed E-state index contributed by atoms with van der Waals surface area (Å²) in [6, 6.07) is 3.98. The molecule has 1 aromatic rings. The van der Waals surface area contributed by atoms with Crippen molar-refractivity contribution >= 4 is 53.4 Å². The molecule has 2 rings (SSSR count). The number of hydrogen-bond acceptors (Lipinski definition) is 15. The molecule has 13 nitrogen and oxygen atoms in total. The summed E-state index contributed by atoms with van der Waals surface area (Å²) in [7, 11) is 1.26. The first kappa shape index (κ1) is 52.7. The van der Waals surface area contributed by atoms with Crippen LogP contribution in [0.4, 0.5) is 0 Å². The van der Waals surface area contributed by atoms with Gasteiger partial charge in [0, 0.05) is 24.0 Å². The molecular weight excluding hydrogens is 823 g/mol. The van der Waals surface area contributed by atoms with Gasteiger partial charge in [0.1, 0.15) is 44.0 Å². The number of unbranched alkanes of at least 4 members (excludes halogenated alkanes) is 14. The van der Waals surface area contributed by atoms with Gasteiger partial charge in [-0.05, 0) is 58.1 Å². The molecule has 338 valence electrons. The zero-order valence-corrected chi connectivity index (χ0v) is 38.3. The Morgan fingerprint density at radius 2 is 0.984 bits per heavy atom. The number of rotatable bonds is 33. The molecule has 1 aliphatic rings. The van der Waals surface area contributed by atoms with Crippen LogP contribution in [0.25, 0.3) is 0 Å². The molecule has 1 heterocycles. The Labute approximate surface area is 370 Å². The smallest absolute Gasteiger partial charge is 0.350 e. The third-order valence-corrected chi connectivity index (χ3v) is 12.0. The van der Waals surface area contributed by atoms with Gasteiger partial charge >= 0.3 is 29.8 Å². The lowest BCUT2D eigenvalue weighted by molar-refractivity contribution is -0.150. The topological polar surface area (TPSA) is 174 Å². The summed E-state index contributed by atoms with van der Waals surface area (Å²) >= 11 is 2.68. The van der Waals surface area contributed by atoms with E-state index in [4.69, 9.17) is 33.2 Å². The Morgan fingerprint density at radius 3 is 1.43 bits per heavy atom. The molecule has 0 saturated carbocycles. The largest absolute Gasteiger partial charge is 0.492 e. The lowest BCUT2D eigenvalue weighted by Gasteiger charge is -2.16. The van der Waals surface area contributed by atoms with Gasteiger partial charge in [-0.15, -0.1) is 0 Å². The van der Waals surface area contributed by atoms with E-state index in [2.05, 4.69) is 13.2 Å². The second-order valence-corrected chi connectivity index (χ2v) is 17.1. The number of fused-ring (bicyclic) bond motifs is 1. The van der Waals surface area contributed by atoms with Gasteiger partial charge in [0.15, 0.2) is 5.57 Å². The number of carbonyl (C=O) groups excluding carboxylic acids is 5. The number of thioether (sulfide) groups is 2. The van der Waals surface area contributed by atoms with Crippen molar-refractivity contribution in [1.29, 1.82) is 5.26 Å². The van der Waals surface area contributed by atoms with E-state index in [0.717, 1.165) is 124 Å². The van der Waals surface area contributed by atoms with Crippen LogP contribution in [0.3, 0.4) is 0 Å². The molecule has 0 amide bonds. The molecule has 0 fully saturated rings. The monoisotopic (exact) mass is 887 g/mol. The number of nitriles is 1.